The first-order valence-electron chi connectivity index (χ1n) is 5.54. The van der Waals surface area contributed by atoms with Crippen LogP contribution >= 0.6 is 0 Å². The maximum atomic E-state index is 13.5. The van der Waals surface area contributed by atoms with Gasteiger partial charge in [0.1, 0.15) is 5.82 Å². The highest BCUT2D eigenvalue weighted by Gasteiger charge is 2.29. The maximum absolute atomic E-state index is 13.5. The SMILES string of the molecule is CNC1CCC(S(=O)c2ccccc2F)C1. The second kappa shape index (κ2) is 5.06. The first-order valence-corrected chi connectivity index (χ1v) is 6.76. The first-order chi connectivity index (χ1) is 7.72. The summed E-state index contributed by atoms with van der Waals surface area (Å²) in [7, 11) is 0.708. The molecule has 0 heterocycles. The lowest BCUT2D eigenvalue weighted by Gasteiger charge is -2.11. The van der Waals surface area contributed by atoms with Crippen LogP contribution in [0.1, 0.15) is 19.3 Å². The Labute approximate surface area is 97.7 Å². The zero-order valence-electron chi connectivity index (χ0n) is 9.28. The van der Waals surface area contributed by atoms with Gasteiger partial charge in [-0.25, -0.2) is 4.39 Å². The molecule has 0 amide bonds. The Bertz CT molecular complexity index is 396. The molecule has 1 aliphatic rings. The van der Waals surface area contributed by atoms with E-state index in [2.05, 4.69) is 5.32 Å². The molecule has 88 valence electrons. The summed E-state index contributed by atoms with van der Waals surface area (Å²) in [5.74, 6) is -0.353. The standard InChI is InChI=1S/C12H16FNOS/c1-14-9-6-7-10(8-9)16(15)12-5-3-2-4-11(12)13/h2-5,9-10,14H,6-8H2,1H3. The summed E-state index contributed by atoms with van der Waals surface area (Å²) >= 11 is 0. The summed E-state index contributed by atoms with van der Waals surface area (Å²) in [5, 5.41) is 3.28. The Morgan fingerprint density at radius 1 is 1.38 bits per heavy atom. The highest BCUT2D eigenvalue weighted by molar-refractivity contribution is 7.85. The van der Waals surface area contributed by atoms with Gasteiger partial charge in [-0.3, -0.25) is 4.21 Å². The van der Waals surface area contributed by atoms with Gasteiger partial charge in [-0.2, -0.15) is 0 Å². The van der Waals surface area contributed by atoms with E-state index >= 15 is 0 Å². The Kier molecular flexibility index (Phi) is 3.71. The van der Waals surface area contributed by atoms with Crippen LogP contribution in [0, 0.1) is 5.82 Å². The third-order valence-electron chi connectivity index (χ3n) is 3.15. The number of hydrogen-bond acceptors (Lipinski definition) is 2. The van der Waals surface area contributed by atoms with Crippen LogP contribution in [0.3, 0.4) is 0 Å². The molecule has 2 rings (SSSR count). The van der Waals surface area contributed by atoms with Crippen LogP contribution < -0.4 is 5.32 Å². The molecule has 3 atom stereocenters. The maximum Gasteiger partial charge on any atom is 0.139 e. The van der Waals surface area contributed by atoms with Gasteiger partial charge in [0.15, 0.2) is 0 Å². The van der Waals surface area contributed by atoms with Crippen LogP contribution in [0.25, 0.3) is 0 Å². The Balaban J connectivity index is 2.12. The highest BCUT2D eigenvalue weighted by atomic mass is 32.2. The van der Waals surface area contributed by atoms with E-state index in [1.165, 1.54) is 6.07 Å². The second-order valence-corrected chi connectivity index (χ2v) is 5.85. The summed E-state index contributed by atoms with van der Waals surface area (Å²) in [4.78, 5) is 0.351. The molecule has 4 heteroatoms. The van der Waals surface area contributed by atoms with E-state index in [1.807, 2.05) is 7.05 Å². The van der Waals surface area contributed by atoms with Crippen molar-refractivity contribution < 1.29 is 8.60 Å². The average Bonchev–Trinajstić information content (AvgIpc) is 2.77. The molecule has 2 nitrogen and oxygen atoms in total. The number of benzene rings is 1. The molecule has 1 aromatic rings. The largest absolute Gasteiger partial charge is 0.317 e. The normalized spacial score (nSPS) is 26.9. The molecule has 0 radical (unpaired) electrons. The van der Waals surface area contributed by atoms with Crippen molar-refractivity contribution in [1.82, 2.24) is 5.32 Å². The second-order valence-electron chi connectivity index (χ2n) is 4.15. The van der Waals surface area contributed by atoms with Crippen molar-refractivity contribution in [2.45, 2.75) is 35.4 Å². The smallest absolute Gasteiger partial charge is 0.139 e. The fraction of sp³-hybridized carbons (Fsp3) is 0.500. The lowest BCUT2D eigenvalue weighted by Crippen LogP contribution is -2.23. The number of nitrogens with one attached hydrogen (secondary N) is 1. The fourth-order valence-electron chi connectivity index (χ4n) is 2.18. The molecule has 0 aliphatic heterocycles. The van der Waals surface area contributed by atoms with Gasteiger partial charge >= 0.3 is 0 Å². The molecule has 0 spiro atoms. The lowest BCUT2D eigenvalue weighted by atomic mass is 10.3. The van der Waals surface area contributed by atoms with E-state index < -0.39 is 10.8 Å². The molecular weight excluding hydrogens is 225 g/mol. The summed E-state index contributed by atoms with van der Waals surface area (Å²) in [6, 6.07) is 6.79. The van der Waals surface area contributed by atoms with Crippen LogP contribution in [0.15, 0.2) is 29.2 Å². The van der Waals surface area contributed by atoms with Gasteiger partial charge in [-0.1, -0.05) is 12.1 Å². The first kappa shape index (κ1) is 11.7. The van der Waals surface area contributed by atoms with Crippen LogP contribution in [-0.2, 0) is 10.8 Å². The van der Waals surface area contributed by atoms with Crippen molar-refractivity contribution in [2.75, 3.05) is 7.05 Å². The van der Waals surface area contributed by atoms with Crippen LogP contribution in [0.4, 0.5) is 4.39 Å². The van der Waals surface area contributed by atoms with Gasteiger partial charge in [0.2, 0.25) is 0 Å². The summed E-state index contributed by atoms with van der Waals surface area (Å²) < 4.78 is 25.6. The van der Waals surface area contributed by atoms with E-state index in [1.54, 1.807) is 18.2 Å². The monoisotopic (exact) mass is 241 g/mol. The molecular formula is C12H16FNOS. The van der Waals surface area contributed by atoms with Gasteiger partial charge in [0.05, 0.1) is 15.7 Å². The van der Waals surface area contributed by atoms with Gasteiger partial charge < -0.3 is 5.32 Å². The molecule has 1 saturated carbocycles. The summed E-state index contributed by atoms with van der Waals surface area (Å²) in [6.45, 7) is 0. The number of rotatable bonds is 3. The number of halogens is 1. The van der Waals surface area contributed by atoms with Crippen molar-refractivity contribution >= 4 is 10.8 Å². The van der Waals surface area contributed by atoms with Crippen molar-refractivity contribution in [3.63, 3.8) is 0 Å². The minimum absolute atomic E-state index is 0.0920. The van der Waals surface area contributed by atoms with E-state index in [9.17, 15) is 8.60 Å². The van der Waals surface area contributed by atoms with Crippen molar-refractivity contribution in [1.29, 1.82) is 0 Å². The molecule has 16 heavy (non-hydrogen) atoms. The third kappa shape index (κ3) is 2.33. The van der Waals surface area contributed by atoms with Gasteiger partial charge in [-0.05, 0) is 38.4 Å². The quantitative estimate of drug-likeness (QED) is 0.877. The van der Waals surface area contributed by atoms with E-state index in [0.29, 0.717) is 10.9 Å². The van der Waals surface area contributed by atoms with E-state index in [4.69, 9.17) is 0 Å². The van der Waals surface area contributed by atoms with Crippen molar-refractivity contribution in [3.05, 3.63) is 30.1 Å². The molecule has 1 N–H and O–H groups in total. The van der Waals surface area contributed by atoms with Crippen molar-refractivity contribution in [2.24, 2.45) is 0 Å². The fourth-order valence-corrected chi connectivity index (χ4v) is 3.77. The zero-order chi connectivity index (χ0) is 11.5. The van der Waals surface area contributed by atoms with Gasteiger partial charge in [0, 0.05) is 11.3 Å². The van der Waals surface area contributed by atoms with Crippen LogP contribution in [0.5, 0.6) is 0 Å². The van der Waals surface area contributed by atoms with Crippen molar-refractivity contribution in [3.8, 4) is 0 Å². The third-order valence-corrected chi connectivity index (χ3v) is 4.95. The minimum Gasteiger partial charge on any atom is -0.317 e. The molecule has 3 unspecified atom stereocenters. The van der Waals surface area contributed by atoms with E-state index in [0.717, 1.165) is 19.3 Å². The topological polar surface area (TPSA) is 29.1 Å². The molecule has 1 aromatic carbocycles. The molecule has 0 saturated heterocycles. The predicted octanol–water partition coefficient (Wildman–Crippen LogP) is 2.07. The summed E-state index contributed by atoms with van der Waals surface area (Å²) in [6.07, 6.45) is 2.81. The summed E-state index contributed by atoms with van der Waals surface area (Å²) in [5.41, 5.74) is 0. The lowest BCUT2D eigenvalue weighted by molar-refractivity contribution is 0.578. The zero-order valence-corrected chi connectivity index (χ0v) is 10.1. The minimum atomic E-state index is -1.21. The Morgan fingerprint density at radius 3 is 2.75 bits per heavy atom. The molecule has 1 fully saturated rings. The Hall–Kier alpha value is -0.740. The molecule has 1 aliphatic carbocycles. The Morgan fingerprint density at radius 2 is 2.12 bits per heavy atom. The molecule has 0 aromatic heterocycles. The average molecular weight is 241 g/mol. The van der Waals surface area contributed by atoms with Gasteiger partial charge in [-0.15, -0.1) is 0 Å². The van der Waals surface area contributed by atoms with Crippen LogP contribution in [-0.4, -0.2) is 22.5 Å². The highest BCUT2D eigenvalue weighted by Crippen LogP contribution is 2.28. The van der Waals surface area contributed by atoms with E-state index in [-0.39, 0.29) is 11.1 Å². The number of hydrogen-bond donors (Lipinski definition) is 1. The molecule has 0 bridgehead atoms. The predicted molar refractivity (Wildman–Crippen MR) is 63.3 cm³/mol. The van der Waals surface area contributed by atoms with Gasteiger partial charge in [0.25, 0.3) is 0 Å². The van der Waals surface area contributed by atoms with Crippen LogP contribution in [0.2, 0.25) is 0 Å².